The van der Waals surface area contributed by atoms with Gasteiger partial charge in [-0.3, -0.25) is 10.1 Å². The molecule has 19 heavy (non-hydrogen) atoms. The zero-order valence-electron chi connectivity index (χ0n) is 10.7. The Morgan fingerprint density at radius 1 is 1.53 bits per heavy atom. The molecule has 2 rings (SSSR count). The topological polar surface area (TPSA) is 83.7 Å². The average Bonchev–Trinajstić information content (AvgIpc) is 2.37. The van der Waals surface area contributed by atoms with Gasteiger partial charge in [0, 0.05) is 24.8 Å². The van der Waals surface area contributed by atoms with Gasteiger partial charge in [0.1, 0.15) is 5.56 Å². The minimum absolute atomic E-state index is 0.249. The van der Waals surface area contributed by atoms with Crippen molar-refractivity contribution in [2.24, 2.45) is 5.92 Å². The van der Waals surface area contributed by atoms with E-state index in [9.17, 15) is 14.9 Å². The summed E-state index contributed by atoms with van der Waals surface area (Å²) >= 11 is 0. The van der Waals surface area contributed by atoms with E-state index in [0.29, 0.717) is 5.92 Å². The predicted octanol–water partition coefficient (Wildman–Crippen LogP) is 2.53. The van der Waals surface area contributed by atoms with Crippen LogP contribution in [0.1, 0.15) is 30.1 Å². The fourth-order valence-corrected chi connectivity index (χ4v) is 2.48. The average molecular weight is 264 g/mol. The maximum atomic E-state index is 11.1. The molecule has 0 saturated carbocycles. The molecule has 0 radical (unpaired) electrons. The van der Waals surface area contributed by atoms with Crippen molar-refractivity contribution < 1.29 is 14.8 Å². The van der Waals surface area contributed by atoms with E-state index in [0.717, 1.165) is 31.6 Å². The maximum Gasteiger partial charge on any atom is 0.342 e. The molecule has 1 aliphatic rings. The van der Waals surface area contributed by atoms with E-state index in [4.69, 9.17) is 5.11 Å². The van der Waals surface area contributed by atoms with Crippen LogP contribution in [0.25, 0.3) is 0 Å². The van der Waals surface area contributed by atoms with Crippen LogP contribution in [0, 0.1) is 16.0 Å². The Bertz CT molecular complexity index is 515. The summed E-state index contributed by atoms with van der Waals surface area (Å²) in [7, 11) is 0. The zero-order valence-corrected chi connectivity index (χ0v) is 10.7. The van der Waals surface area contributed by atoms with Crippen LogP contribution < -0.4 is 4.90 Å². The highest BCUT2D eigenvalue weighted by Gasteiger charge is 2.23. The Balaban J connectivity index is 2.35. The number of piperidine rings is 1. The molecule has 0 bridgehead atoms. The Hall–Kier alpha value is -2.11. The molecule has 0 spiro atoms. The summed E-state index contributed by atoms with van der Waals surface area (Å²) in [6.45, 7) is 3.87. The van der Waals surface area contributed by atoms with Gasteiger partial charge in [0.2, 0.25) is 0 Å². The van der Waals surface area contributed by atoms with Gasteiger partial charge in [-0.25, -0.2) is 4.79 Å². The molecule has 0 aromatic heterocycles. The third-order valence-electron chi connectivity index (χ3n) is 3.43. The minimum Gasteiger partial charge on any atom is -0.477 e. The first kappa shape index (κ1) is 13.3. The molecule has 1 N–H and O–H groups in total. The number of benzene rings is 1. The number of rotatable bonds is 3. The molecule has 1 fully saturated rings. The van der Waals surface area contributed by atoms with Gasteiger partial charge in [-0.1, -0.05) is 6.92 Å². The molecular weight excluding hydrogens is 248 g/mol. The Labute approximate surface area is 110 Å². The number of carboxylic acid groups (broad SMARTS) is 1. The summed E-state index contributed by atoms with van der Waals surface area (Å²) in [5.74, 6) is -0.712. The van der Waals surface area contributed by atoms with Crippen LogP contribution in [0.4, 0.5) is 11.4 Å². The van der Waals surface area contributed by atoms with Crippen molar-refractivity contribution in [1.82, 2.24) is 0 Å². The molecule has 1 aliphatic heterocycles. The van der Waals surface area contributed by atoms with Crippen molar-refractivity contribution in [3.8, 4) is 0 Å². The van der Waals surface area contributed by atoms with Gasteiger partial charge in [-0.05, 0) is 30.9 Å². The highest BCUT2D eigenvalue weighted by molar-refractivity contribution is 5.93. The number of carbonyl (C=O) groups is 1. The van der Waals surface area contributed by atoms with Gasteiger partial charge in [0.05, 0.1) is 4.92 Å². The Morgan fingerprint density at radius 2 is 2.26 bits per heavy atom. The van der Waals surface area contributed by atoms with Crippen molar-refractivity contribution in [2.75, 3.05) is 18.0 Å². The molecule has 1 saturated heterocycles. The number of nitrogens with zero attached hydrogens (tertiary/aromatic N) is 2. The summed E-state index contributed by atoms with van der Waals surface area (Å²) < 4.78 is 0. The lowest BCUT2D eigenvalue weighted by Gasteiger charge is -2.32. The van der Waals surface area contributed by atoms with Gasteiger partial charge in [-0.2, -0.15) is 0 Å². The number of hydrogen-bond donors (Lipinski definition) is 1. The van der Waals surface area contributed by atoms with Crippen molar-refractivity contribution in [3.05, 3.63) is 33.9 Å². The molecule has 6 nitrogen and oxygen atoms in total. The third kappa shape index (κ3) is 2.83. The molecule has 1 heterocycles. The molecule has 6 heteroatoms. The van der Waals surface area contributed by atoms with Gasteiger partial charge >= 0.3 is 5.97 Å². The lowest BCUT2D eigenvalue weighted by Crippen LogP contribution is -2.34. The van der Waals surface area contributed by atoms with Crippen LogP contribution in [0.5, 0.6) is 0 Å². The molecule has 0 aliphatic carbocycles. The van der Waals surface area contributed by atoms with E-state index < -0.39 is 10.9 Å². The Morgan fingerprint density at radius 3 is 2.84 bits per heavy atom. The highest BCUT2D eigenvalue weighted by Crippen LogP contribution is 2.28. The molecule has 1 aromatic carbocycles. The first-order valence-electron chi connectivity index (χ1n) is 6.25. The van der Waals surface area contributed by atoms with Crippen LogP contribution in [0.2, 0.25) is 0 Å². The highest BCUT2D eigenvalue weighted by atomic mass is 16.6. The SMILES string of the molecule is C[C@@H]1CCCN(c2ccc([N+](=O)[O-])c(C(=O)O)c2)C1. The molecule has 102 valence electrons. The summed E-state index contributed by atoms with van der Waals surface area (Å²) in [5, 5.41) is 19.9. The van der Waals surface area contributed by atoms with E-state index in [2.05, 4.69) is 11.8 Å². The molecule has 0 unspecified atom stereocenters. The number of nitro groups is 1. The van der Waals surface area contributed by atoms with Crippen molar-refractivity contribution in [2.45, 2.75) is 19.8 Å². The number of carboxylic acids is 1. The van der Waals surface area contributed by atoms with Gasteiger partial charge in [0.15, 0.2) is 0 Å². The number of nitro benzene ring substituents is 1. The van der Waals surface area contributed by atoms with E-state index in [1.165, 1.54) is 12.1 Å². The molecule has 1 atom stereocenters. The Kier molecular flexibility index (Phi) is 3.69. The summed E-state index contributed by atoms with van der Waals surface area (Å²) in [6, 6.07) is 4.30. The normalized spacial score (nSPS) is 19.2. The van der Waals surface area contributed by atoms with E-state index in [1.54, 1.807) is 6.07 Å². The second-order valence-electron chi connectivity index (χ2n) is 4.96. The van der Waals surface area contributed by atoms with E-state index >= 15 is 0 Å². The summed E-state index contributed by atoms with van der Waals surface area (Å²) in [6.07, 6.45) is 2.22. The second kappa shape index (κ2) is 5.26. The first-order valence-corrected chi connectivity index (χ1v) is 6.25. The molecule has 1 aromatic rings. The summed E-state index contributed by atoms with van der Waals surface area (Å²) in [5.41, 5.74) is 0.136. The second-order valence-corrected chi connectivity index (χ2v) is 4.96. The van der Waals surface area contributed by atoms with Crippen molar-refractivity contribution in [1.29, 1.82) is 0 Å². The quantitative estimate of drug-likeness (QED) is 0.670. The van der Waals surface area contributed by atoms with E-state index in [-0.39, 0.29) is 11.3 Å². The van der Waals surface area contributed by atoms with Crippen LogP contribution in [-0.4, -0.2) is 29.1 Å². The predicted molar refractivity (Wildman–Crippen MR) is 70.7 cm³/mol. The number of hydrogen-bond acceptors (Lipinski definition) is 4. The van der Waals surface area contributed by atoms with Gasteiger partial charge in [-0.15, -0.1) is 0 Å². The summed E-state index contributed by atoms with van der Waals surface area (Å²) in [4.78, 5) is 23.3. The van der Waals surface area contributed by atoms with Crippen molar-refractivity contribution in [3.63, 3.8) is 0 Å². The largest absolute Gasteiger partial charge is 0.477 e. The van der Waals surface area contributed by atoms with Crippen LogP contribution >= 0.6 is 0 Å². The fourth-order valence-electron chi connectivity index (χ4n) is 2.48. The third-order valence-corrected chi connectivity index (χ3v) is 3.43. The standard InChI is InChI=1S/C13H16N2O4/c1-9-3-2-6-14(8-9)10-4-5-12(15(18)19)11(7-10)13(16)17/h4-5,7,9H,2-3,6,8H2,1H3,(H,16,17)/t9-/m1/s1. The van der Waals surface area contributed by atoms with Crippen LogP contribution in [0.15, 0.2) is 18.2 Å². The van der Waals surface area contributed by atoms with Gasteiger partial charge in [0.25, 0.3) is 5.69 Å². The zero-order chi connectivity index (χ0) is 14.0. The van der Waals surface area contributed by atoms with E-state index in [1.807, 2.05) is 0 Å². The van der Waals surface area contributed by atoms with Crippen molar-refractivity contribution >= 4 is 17.3 Å². The van der Waals surface area contributed by atoms with Gasteiger partial charge < -0.3 is 10.0 Å². The monoisotopic (exact) mass is 264 g/mol. The minimum atomic E-state index is -1.27. The number of anilines is 1. The number of aromatic carboxylic acids is 1. The fraction of sp³-hybridized carbons (Fsp3) is 0.462. The maximum absolute atomic E-state index is 11.1. The smallest absolute Gasteiger partial charge is 0.342 e. The lowest BCUT2D eigenvalue weighted by atomic mass is 9.99. The first-order chi connectivity index (χ1) is 8.99. The van der Waals surface area contributed by atoms with Crippen LogP contribution in [-0.2, 0) is 0 Å². The lowest BCUT2D eigenvalue weighted by molar-refractivity contribution is -0.385. The molecular formula is C13H16N2O4. The van der Waals surface area contributed by atoms with Crippen LogP contribution in [0.3, 0.4) is 0 Å². The molecule has 0 amide bonds.